The fourth-order valence-corrected chi connectivity index (χ4v) is 3.41. The van der Waals surface area contributed by atoms with Crippen LogP contribution in [-0.4, -0.2) is 18.5 Å². The van der Waals surface area contributed by atoms with E-state index in [-0.39, 0.29) is 21.0 Å². The lowest BCUT2D eigenvalue weighted by Crippen LogP contribution is -2.17. The molecule has 0 bridgehead atoms. The van der Waals surface area contributed by atoms with Crippen LogP contribution in [0.1, 0.15) is 11.1 Å². The first kappa shape index (κ1) is 14.1. The molecule has 0 aliphatic rings. The molecule has 0 aliphatic carbocycles. The molecule has 1 aromatic carbocycles. The lowest BCUT2D eigenvalue weighted by atomic mass is 10.2. The highest BCUT2D eigenvalue weighted by molar-refractivity contribution is 7.91. The van der Waals surface area contributed by atoms with Crippen molar-refractivity contribution >= 4 is 15.5 Å². The molecule has 0 amide bonds. The molecule has 20 heavy (non-hydrogen) atoms. The Morgan fingerprint density at radius 1 is 1.15 bits per heavy atom. The lowest BCUT2D eigenvalue weighted by molar-refractivity contribution is 0.434. The zero-order chi connectivity index (χ0) is 15.1. The number of nitrogens with one attached hydrogen (secondary N) is 1. The number of H-pyrrole nitrogens is 1. The molecule has 0 aliphatic heterocycles. The van der Waals surface area contributed by atoms with Gasteiger partial charge in [-0.2, -0.15) is 0 Å². The van der Waals surface area contributed by atoms with Gasteiger partial charge in [-0.25, -0.2) is 8.42 Å². The maximum atomic E-state index is 12.5. The van der Waals surface area contributed by atoms with Crippen molar-refractivity contribution < 1.29 is 13.5 Å². The Bertz CT molecular complexity index is 821. The van der Waals surface area contributed by atoms with Crippen LogP contribution in [0.2, 0.25) is 0 Å². The first-order valence-electron chi connectivity index (χ1n) is 5.78. The Morgan fingerprint density at radius 3 is 2.25 bits per heavy atom. The minimum absolute atomic E-state index is 0.0212. The van der Waals surface area contributed by atoms with Gasteiger partial charge < -0.3 is 10.8 Å². The molecule has 0 radical (unpaired) electrons. The average Bonchev–Trinajstić information content (AvgIpc) is 2.36. The topological polar surface area (TPSA) is 113 Å². The Balaban J connectivity index is 2.76. The number of hydrogen-bond acceptors (Lipinski definition) is 5. The normalized spacial score (nSPS) is 11.5. The number of aromatic nitrogens is 1. The number of pyridine rings is 1. The van der Waals surface area contributed by atoms with Gasteiger partial charge in [-0.15, -0.1) is 0 Å². The van der Waals surface area contributed by atoms with Crippen molar-refractivity contribution in [1.29, 1.82) is 0 Å². The smallest absolute Gasteiger partial charge is 0.274 e. The molecular weight excluding hydrogens is 280 g/mol. The summed E-state index contributed by atoms with van der Waals surface area (Å²) in [5.74, 6) is -0.706. The number of hydrogen-bond donors (Lipinski definition) is 3. The molecule has 0 unspecified atom stereocenters. The van der Waals surface area contributed by atoms with Gasteiger partial charge in [0.05, 0.1) is 4.90 Å². The SMILES string of the molecule is Cc1ccc(S(=O)(=O)c2c(O)[nH]c(=O)c(N)c2C)cc1. The zero-order valence-electron chi connectivity index (χ0n) is 11.0. The fraction of sp³-hybridized carbons (Fsp3) is 0.154. The van der Waals surface area contributed by atoms with Crippen molar-refractivity contribution in [2.45, 2.75) is 23.6 Å². The molecule has 4 N–H and O–H groups in total. The summed E-state index contributed by atoms with van der Waals surface area (Å²) in [6.07, 6.45) is 0. The van der Waals surface area contributed by atoms with E-state index in [0.29, 0.717) is 0 Å². The van der Waals surface area contributed by atoms with E-state index >= 15 is 0 Å². The number of aromatic amines is 1. The predicted octanol–water partition coefficient (Wildman–Crippen LogP) is 1.11. The number of rotatable bonds is 2. The largest absolute Gasteiger partial charge is 0.494 e. The van der Waals surface area contributed by atoms with Crippen molar-refractivity contribution in [2.24, 2.45) is 0 Å². The van der Waals surface area contributed by atoms with Crippen molar-refractivity contribution in [3.05, 3.63) is 45.7 Å². The van der Waals surface area contributed by atoms with Crippen molar-refractivity contribution in [3.8, 4) is 5.88 Å². The van der Waals surface area contributed by atoms with Gasteiger partial charge in [-0.3, -0.25) is 9.78 Å². The van der Waals surface area contributed by atoms with E-state index in [0.717, 1.165) is 5.56 Å². The number of nitrogen functional groups attached to an aromatic ring is 1. The van der Waals surface area contributed by atoms with Crippen LogP contribution in [-0.2, 0) is 9.84 Å². The van der Waals surface area contributed by atoms with E-state index in [9.17, 15) is 18.3 Å². The summed E-state index contributed by atoms with van der Waals surface area (Å²) in [7, 11) is -3.96. The van der Waals surface area contributed by atoms with E-state index in [4.69, 9.17) is 5.73 Å². The second kappa shape index (κ2) is 4.68. The maximum Gasteiger partial charge on any atom is 0.274 e. The molecule has 6 nitrogen and oxygen atoms in total. The molecule has 7 heteroatoms. The molecule has 2 aromatic rings. The summed E-state index contributed by atoms with van der Waals surface area (Å²) < 4.78 is 25.0. The van der Waals surface area contributed by atoms with Gasteiger partial charge in [0.2, 0.25) is 15.7 Å². The van der Waals surface area contributed by atoms with Gasteiger partial charge in [0.1, 0.15) is 10.6 Å². The van der Waals surface area contributed by atoms with Crippen LogP contribution < -0.4 is 11.3 Å². The summed E-state index contributed by atoms with van der Waals surface area (Å²) in [6, 6.07) is 6.16. The third-order valence-corrected chi connectivity index (χ3v) is 4.97. The van der Waals surface area contributed by atoms with Crippen molar-refractivity contribution in [3.63, 3.8) is 0 Å². The van der Waals surface area contributed by atoms with Gasteiger partial charge >= 0.3 is 0 Å². The van der Waals surface area contributed by atoms with Crippen LogP contribution in [0.4, 0.5) is 5.69 Å². The minimum atomic E-state index is -3.96. The summed E-state index contributed by atoms with van der Waals surface area (Å²) >= 11 is 0. The maximum absolute atomic E-state index is 12.5. The fourth-order valence-electron chi connectivity index (χ4n) is 1.87. The van der Waals surface area contributed by atoms with Crippen LogP contribution in [0.25, 0.3) is 0 Å². The Labute approximate surface area is 115 Å². The first-order chi connectivity index (χ1) is 9.25. The first-order valence-corrected chi connectivity index (χ1v) is 7.26. The Hall–Kier alpha value is -2.28. The van der Waals surface area contributed by atoms with Gasteiger partial charge in [-0.1, -0.05) is 17.7 Å². The van der Waals surface area contributed by atoms with Crippen LogP contribution in [0.15, 0.2) is 38.9 Å². The predicted molar refractivity (Wildman–Crippen MR) is 74.5 cm³/mol. The molecule has 0 spiro atoms. The molecule has 0 atom stereocenters. The molecule has 106 valence electrons. The average molecular weight is 294 g/mol. The number of anilines is 1. The highest BCUT2D eigenvalue weighted by Crippen LogP contribution is 2.31. The molecule has 2 rings (SSSR count). The number of sulfone groups is 1. The third kappa shape index (κ3) is 2.16. The molecule has 0 saturated heterocycles. The summed E-state index contributed by atoms with van der Waals surface area (Å²) in [5, 5.41) is 9.76. The van der Waals surface area contributed by atoms with Crippen LogP contribution in [0.5, 0.6) is 5.88 Å². The quantitative estimate of drug-likeness (QED) is 0.768. The summed E-state index contributed by atoms with van der Waals surface area (Å²) in [5.41, 5.74) is 5.53. The molecular formula is C13H14N2O4S. The lowest BCUT2D eigenvalue weighted by Gasteiger charge is -2.11. The van der Waals surface area contributed by atoms with Gasteiger partial charge in [0.15, 0.2) is 0 Å². The van der Waals surface area contributed by atoms with Crippen LogP contribution in [0, 0.1) is 13.8 Å². The summed E-state index contributed by atoms with van der Waals surface area (Å²) in [4.78, 5) is 13.1. The Morgan fingerprint density at radius 2 is 1.70 bits per heavy atom. The number of benzene rings is 1. The van der Waals surface area contributed by atoms with Crippen LogP contribution >= 0.6 is 0 Å². The minimum Gasteiger partial charge on any atom is -0.494 e. The second-order valence-electron chi connectivity index (χ2n) is 4.49. The van der Waals surface area contributed by atoms with Gasteiger partial charge in [0.25, 0.3) is 5.56 Å². The van der Waals surface area contributed by atoms with Gasteiger partial charge in [0, 0.05) is 5.56 Å². The standard InChI is InChI=1S/C13H14N2O4S/c1-7-3-5-9(6-4-7)20(18,19)11-8(2)10(14)12(16)15-13(11)17/h3-6H,14H2,1-2H3,(H2,15,16,17). The monoisotopic (exact) mass is 294 g/mol. The van der Waals surface area contributed by atoms with E-state index in [1.54, 1.807) is 12.1 Å². The van der Waals surface area contributed by atoms with Crippen LogP contribution in [0.3, 0.4) is 0 Å². The third-order valence-electron chi connectivity index (χ3n) is 3.04. The number of aryl methyl sites for hydroxylation is 1. The summed E-state index contributed by atoms with van der Waals surface area (Å²) in [6.45, 7) is 3.21. The van der Waals surface area contributed by atoms with Crippen molar-refractivity contribution in [2.75, 3.05) is 5.73 Å². The zero-order valence-corrected chi connectivity index (χ0v) is 11.8. The molecule has 1 aromatic heterocycles. The molecule has 0 saturated carbocycles. The van der Waals surface area contributed by atoms with E-state index in [1.807, 2.05) is 11.9 Å². The second-order valence-corrected chi connectivity index (χ2v) is 6.37. The highest BCUT2D eigenvalue weighted by Gasteiger charge is 2.26. The van der Waals surface area contributed by atoms with Crippen molar-refractivity contribution in [1.82, 2.24) is 4.98 Å². The molecule has 0 fully saturated rings. The Kier molecular flexibility index (Phi) is 3.31. The van der Waals surface area contributed by atoms with E-state index in [2.05, 4.69) is 0 Å². The van der Waals surface area contributed by atoms with E-state index in [1.165, 1.54) is 19.1 Å². The number of aromatic hydroxyl groups is 1. The van der Waals surface area contributed by atoms with Gasteiger partial charge in [-0.05, 0) is 26.0 Å². The highest BCUT2D eigenvalue weighted by atomic mass is 32.2. The number of nitrogens with two attached hydrogens (primary N) is 1. The van der Waals surface area contributed by atoms with E-state index < -0.39 is 21.3 Å². The molecule has 1 heterocycles.